The predicted octanol–water partition coefficient (Wildman–Crippen LogP) is 4.81. The van der Waals surface area contributed by atoms with Crippen LogP contribution in [0.3, 0.4) is 0 Å². The number of hydrogen-bond donors (Lipinski definition) is 1. The van der Waals surface area contributed by atoms with Crippen molar-refractivity contribution in [3.8, 4) is 0 Å². The number of amidine groups is 1. The number of ether oxygens (including phenoxy) is 1. The fourth-order valence-electron chi connectivity index (χ4n) is 4.02. The molecule has 2 aliphatic heterocycles. The number of pyridine rings is 1. The molecule has 36 heavy (non-hydrogen) atoms. The van der Waals surface area contributed by atoms with Crippen molar-refractivity contribution in [1.82, 2.24) is 15.3 Å². The molecule has 1 N–H and O–H groups in total. The highest BCUT2D eigenvalue weighted by Gasteiger charge is 2.38. The molecule has 0 radical (unpaired) electrons. The second-order valence-electron chi connectivity index (χ2n) is 8.38. The molecule has 0 bridgehead atoms. The van der Waals surface area contributed by atoms with Crippen molar-refractivity contribution in [2.75, 3.05) is 13.1 Å². The summed E-state index contributed by atoms with van der Waals surface area (Å²) in [5, 5.41) is 9.27. The fraction of sp³-hybridized carbons (Fsp3) is 0.222. The van der Waals surface area contributed by atoms with E-state index in [1.165, 1.54) is 10.6 Å². The minimum Gasteiger partial charge on any atom is -0.470 e. The number of halogens is 3. The van der Waals surface area contributed by atoms with Crippen LogP contribution in [0.1, 0.15) is 28.1 Å². The molecule has 0 saturated carbocycles. The molecule has 1 aromatic heterocycles. The van der Waals surface area contributed by atoms with Gasteiger partial charge in [0.25, 0.3) is 0 Å². The number of alkyl halides is 3. The smallest absolute Gasteiger partial charge is 0.433 e. The Kier molecular flexibility index (Phi) is 6.81. The predicted molar refractivity (Wildman–Crippen MR) is 131 cm³/mol. The average Bonchev–Trinajstić information content (AvgIpc) is 2.90. The number of hydrogen-bond acceptors (Lipinski definition) is 6. The van der Waals surface area contributed by atoms with Gasteiger partial charge in [-0.05, 0) is 42.8 Å². The summed E-state index contributed by atoms with van der Waals surface area (Å²) in [6.45, 7) is 1.60. The van der Waals surface area contributed by atoms with Crippen LogP contribution in [0.5, 0.6) is 0 Å². The van der Waals surface area contributed by atoms with Gasteiger partial charge in [-0.1, -0.05) is 54.6 Å². The summed E-state index contributed by atoms with van der Waals surface area (Å²) in [5.41, 5.74) is 3.12. The molecular weight excluding hydrogens is 467 g/mol. The highest BCUT2D eigenvalue weighted by molar-refractivity contribution is 6.12. The summed E-state index contributed by atoms with van der Waals surface area (Å²) in [6.07, 6.45) is -2.56. The summed E-state index contributed by atoms with van der Waals surface area (Å²) < 4.78 is 45.6. The first-order valence-corrected chi connectivity index (χ1v) is 11.6. The minimum absolute atomic E-state index is 0.0444. The third-order valence-corrected chi connectivity index (χ3v) is 5.79. The standard InChI is InChI=1S/C27H24F3N5O/c28-27(29,30)24-14-16-35-25(33-24)22-11-4-5-12-23(22)26(34-35)36-18-21-10-6-9-20(32-21)17-31-15-13-19-7-2-1-3-8-19/h1-12,14,31H,13,15-18H2. The number of benzene rings is 2. The molecule has 6 nitrogen and oxygen atoms in total. The van der Waals surface area contributed by atoms with Crippen molar-refractivity contribution in [1.29, 1.82) is 0 Å². The zero-order chi connectivity index (χ0) is 25.0. The van der Waals surface area contributed by atoms with Gasteiger partial charge in [-0.2, -0.15) is 13.2 Å². The molecule has 0 fully saturated rings. The maximum atomic E-state index is 13.2. The zero-order valence-electron chi connectivity index (χ0n) is 19.4. The summed E-state index contributed by atoms with van der Waals surface area (Å²) in [7, 11) is 0. The SMILES string of the molecule is FC(F)(F)C1=CCN2N=C(OCc3cccc(CNCCc4ccccc4)n3)c3ccccc3C2=N1. The van der Waals surface area contributed by atoms with Gasteiger partial charge < -0.3 is 10.1 Å². The molecule has 5 rings (SSSR count). The van der Waals surface area contributed by atoms with Crippen LogP contribution in [-0.4, -0.2) is 41.0 Å². The lowest BCUT2D eigenvalue weighted by Crippen LogP contribution is -2.38. The first-order valence-electron chi connectivity index (χ1n) is 11.6. The molecule has 9 heteroatoms. The lowest BCUT2D eigenvalue weighted by Gasteiger charge is -2.30. The van der Waals surface area contributed by atoms with Crippen LogP contribution in [0.15, 0.2) is 94.7 Å². The first kappa shape index (κ1) is 23.7. The monoisotopic (exact) mass is 491 g/mol. The number of fused-ring (bicyclic) bond motifs is 3. The molecule has 3 aromatic rings. The second kappa shape index (κ2) is 10.3. The number of aromatic nitrogens is 1. The fourth-order valence-corrected chi connectivity index (χ4v) is 4.02. The number of nitrogens with one attached hydrogen (secondary N) is 1. The molecule has 0 spiro atoms. The van der Waals surface area contributed by atoms with E-state index in [0.29, 0.717) is 23.6 Å². The van der Waals surface area contributed by atoms with Crippen molar-refractivity contribution in [2.45, 2.75) is 25.7 Å². The molecule has 3 heterocycles. The van der Waals surface area contributed by atoms with E-state index in [0.717, 1.165) is 30.4 Å². The van der Waals surface area contributed by atoms with E-state index in [1.807, 2.05) is 36.4 Å². The Balaban J connectivity index is 1.24. The maximum Gasteiger partial charge on any atom is 0.433 e. The summed E-state index contributed by atoms with van der Waals surface area (Å²) in [6, 6.07) is 23.1. The van der Waals surface area contributed by atoms with Crippen LogP contribution in [0, 0.1) is 0 Å². The number of allylic oxidation sites excluding steroid dienone is 1. The highest BCUT2D eigenvalue weighted by atomic mass is 19.4. The Bertz CT molecular complexity index is 1320. The second-order valence-corrected chi connectivity index (χ2v) is 8.38. The van der Waals surface area contributed by atoms with Crippen LogP contribution in [0.4, 0.5) is 13.2 Å². The molecule has 2 aliphatic rings. The molecule has 0 atom stereocenters. The number of nitrogens with zero attached hydrogens (tertiary/aromatic N) is 4. The molecular formula is C27H24F3N5O. The van der Waals surface area contributed by atoms with Crippen LogP contribution in [-0.2, 0) is 24.3 Å². The van der Waals surface area contributed by atoms with E-state index >= 15 is 0 Å². The summed E-state index contributed by atoms with van der Waals surface area (Å²) in [5.74, 6) is 0.482. The molecule has 0 aliphatic carbocycles. The van der Waals surface area contributed by atoms with Crippen LogP contribution < -0.4 is 5.32 Å². The third kappa shape index (κ3) is 5.46. The Morgan fingerprint density at radius 3 is 2.44 bits per heavy atom. The first-order chi connectivity index (χ1) is 17.5. The molecule has 0 amide bonds. The lowest BCUT2D eigenvalue weighted by molar-refractivity contribution is -0.0930. The van der Waals surface area contributed by atoms with E-state index < -0.39 is 11.9 Å². The number of rotatable bonds is 7. The molecule has 0 unspecified atom stereocenters. The van der Waals surface area contributed by atoms with Gasteiger partial charge in [-0.15, -0.1) is 5.10 Å². The molecule has 0 saturated heterocycles. The van der Waals surface area contributed by atoms with E-state index in [1.54, 1.807) is 24.3 Å². The maximum absolute atomic E-state index is 13.2. The van der Waals surface area contributed by atoms with Crippen molar-refractivity contribution in [2.24, 2.45) is 10.1 Å². The topological polar surface area (TPSA) is 62.1 Å². The van der Waals surface area contributed by atoms with Gasteiger partial charge >= 0.3 is 6.18 Å². The lowest BCUT2D eigenvalue weighted by atomic mass is 10.0. The normalized spacial score (nSPS) is 14.9. The van der Waals surface area contributed by atoms with Crippen molar-refractivity contribution in [3.05, 3.63) is 113 Å². The average molecular weight is 492 g/mol. The van der Waals surface area contributed by atoms with Crippen LogP contribution in [0.25, 0.3) is 0 Å². The van der Waals surface area contributed by atoms with Crippen molar-refractivity contribution >= 4 is 11.7 Å². The third-order valence-electron chi connectivity index (χ3n) is 5.79. The Morgan fingerprint density at radius 1 is 0.889 bits per heavy atom. The quantitative estimate of drug-likeness (QED) is 0.482. The Morgan fingerprint density at radius 2 is 1.64 bits per heavy atom. The van der Waals surface area contributed by atoms with Crippen LogP contribution in [0.2, 0.25) is 0 Å². The van der Waals surface area contributed by atoms with Gasteiger partial charge in [0.2, 0.25) is 5.90 Å². The van der Waals surface area contributed by atoms with E-state index in [-0.39, 0.29) is 19.0 Å². The van der Waals surface area contributed by atoms with Crippen molar-refractivity contribution < 1.29 is 17.9 Å². The van der Waals surface area contributed by atoms with E-state index in [4.69, 9.17) is 4.74 Å². The largest absolute Gasteiger partial charge is 0.470 e. The van der Waals surface area contributed by atoms with Gasteiger partial charge in [0.15, 0.2) is 5.84 Å². The van der Waals surface area contributed by atoms with Crippen LogP contribution >= 0.6 is 0 Å². The number of hydrazone groups is 1. The van der Waals surface area contributed by atoms with Gasteiger partial charge in [-0.3, -0.25) is 4.98 Å². The van der Waals surface area contributed by atoms with Gasteiger partial charge in [-0.25, -0.2) is 10.0 Å². The van der Waals surface area contributed by atoms with E-state index in [2.05, 4.69) is 32.5 Å². The van der Waals surface area contributed by atoms with Gasteiger partial charge in [0, 0.05) is 17.7 Å². The highest BCUT2D eigenvalue weighted by Crippen LogP contribution is 2.32. The van der Waals surface area contributed by atoms with Crippen molar-refractivity contribution in [3.63, 3.8) is 0 Å². The Labute approximate surface area is 206 Å². The zero-order valence-corrected chi connectivity index (χ0v) is 19.4. The number of aliphatic imine (C=N–C) groups is 1. The van der Waals surface area contributed by atoms with Gasteiger partial charge in [0.1, 0.15) is 12.3 Å². The molecule has 184 valence electrons. The molecule has 2 aromatic carbocycles. The summed E-state index contributed by atoms with van der Waals surface area (Å²) >= 11 is 0. The van der Waals surface area contributed by atoms with Gasteiger partial charge in [0.05, 0.1) is 17.9 Å². The Hall–Kier alpha value is -3.98. The van der Waals surface area contributed by atoms with E-state index in [9.17, 15) is 13.2 Å². The summed E-state index contributed by atoms with van der Waals surface area (Å²) in [4.78, 5) is 8.49. The minimum atomic E-state index is -4.51.